The van der Waals surface area contributed by atoms with Crippen LogP contribution in [0.4, 0.5) is 0 Å². The zero-order valence-corrected chi connectivity index (χ0v) is 7.70. The molecule has 0 amide bonds. The van der Waals surface area contributed by atoms with Crippen molar-refractivity contribution in [3.63, 3.8) is 0 Å². The Morgan fingerprint density at radius 2 is 2.00 bits per heavy atom. The highest BCUT2D eigenvalue weighted by Crippen LogP contribution is 1.99. The van der Waals surface area contributed by atoms with Crippen LogP contribution in [0.1, 0.15) is 10.4 Å². The summed E-state index contributed by atoms with van der Waals surface area (Å²) in [4.78, 5) is 29.8. The van der Waals surface area contributed by atoms with E-state index < -0.39 is 0 Å². The molecule has 0 aliphatic heterocycles. The molecule has 0 N–H and O–H groups in total. The normalized spacial score (nSPS) is 9.87. The molecule has 0 bridgehead atoms. The van der Waals surface area contributed by atoms with Gasteiger partial charge in [-0.2, -0.15) is 0 Å². The highest BCUT2D eigenvalue weighted by Gasteiger charge is 2.03. The average Bonchev–Trinajstić information content (AvgIpc) is 2.30. The van der Waals surface area contributed by atoms with Gasteiger partial charge in [-0.15, -0.1) is 0 Å². The number of carbonyl (C=O) groups excluding carboxylic acids is 1. The average molecular weight is 201 g/mol. The summed E-state index contributed by atoms with van der Waals surface area (Å²) in [5, 5.41) is 0. The minimum absolute atomic E-state index is 0.112. The molecule has 2 aromatic heterocycles. The van der Waals surface area contributed by atoms with Crippen LogP contribution in [0, 0.1) is 0 Å². The molecule has 15 heavy (non-hydrogen) atoms. The first kappa shape index (κ1) is 9.26. The fourth-order valence-electron chi connectivity index (χ4n) is 1.22. The van der Waals surface area contributed by atoms with E-state index in [2.05, 4.69) is 9.97 Å². The van der Waals surface area contributed by atoms with Gasteiger partial charge in [0.05, 0.1) is 23.6 Å². The van der Waals surface area contributed by atoms with Crippen molar-refractivity contribution in [2.75, 3.05) is 0 Å². The molecule has 0 radical (unpaired) electrons. The molecule has 0 aliphatic carbocycles. The lowest BCUT2D eigenvalue weighted by molar-refractivity contribution is 0.112. The number of nitrogens with zero attached hydrogens (tertiary/aromatic N) is 3. The van der Waals surface area contributed by atoms with Gasteiger partial charge in [-0.25, -0.2) is 9.97 Å². The number of carbonyl (C=O) groups is 1. The molecule has 2 heterocycles. The standard InChI is InChI=1S/C10H7N3O2/c14-6-8-2-1-3-13(10(8)15)9-4-11-7-12-5-9/h1-7H. The molecule has 0 atom stereocenters. The van der Waals surface area contributed by atoms with Gasteiger partial charge in [0.15, 0.2) is 6.29 Å². The van der Waals surface area contributed by atoms with Crippen LogP contribution >= 0.6 is 0 Å². The zero-order valence-electron chi connectivity index (χ0n) is 7.70. The molecular weight excluding hydrogens is 194 g/mol. The van der Waals surface area contributed by atoms with Crippen LogP contribution in [-0.2, 0) is 0 Å². The molecule has 0 saturated carbocycles. The maximum atomic E-state index is 11.7. The monoisotopic (exact) mass is 201 g/mol. The van der Waals surface area contributed by atoms with Crippen LogP contribution < -0.4 is 5.56 Å². The number of pyridine rings is 1. The summed E-state index contributed by atoms with van der Waals surface area (Å²) in [7, 11) is 0. The summed E-state index contributed by atoms with van der Waals surface area (Å²) < 4.78 is 1.32. The lowest BCUT2D eigenvalue weighted by Gasteiger charge is -2.03. The van der Waals surface area contributed by atoms with Gasteiger partial charge >= 0.3 is 0 Å². The first-order valence-electron chi connectivity index (χ1n) is 4.25. The highest BCUT2D eigenvalue weighted by molar-refractivity contribution is 5.74. The van der Waals surface area contributed by atoms with Gasteiger partial charge in [-0.05, 0) is 12.1 Å². The fraction of sp³-hybridized carbons (Fsp3) is 0. The second kappa shape index (κ2) is 3.83. The number of aromatic nitrogens is 3. The lowest BCUT2D eigenvalue weighted by atomic mass is 10.3. The summed E-state index contributed by atoms with van der Waals surface area (Å²) in [5.74, 6) is 0. The topological polar surface area (TPSA) is 64.8 Å². The van der Waals surface area contributed by atoms with E-state index in [-0.39, 0.29) is 11.1 Å². The minimum atomic E-state index is -0.373. The van der Waals surface area contributed by atoms with Crippen molar-refractivity contribution in [1.29, 1.82) is 0 Å². The van der Waals surface area contributed by atoms with E-state index in [0.29, 0.717) is 12.0 Å². The predicted molar refractivity (Wildman–Crippen MR) is 53.0 cm³/mol. The SMILES string of the molecule is O=Cc1cccn(-c2cncnc2)c1=O. The predicted octanol–water partition coefficient (Wildman–Crippen LogP) is 0.440. The molecule has 0 unspecified atom stereocenters. The van der Waals surface area contributed by atoms with Crippen LogP contribution in [0.15, 0.2) is 41.8 Å². The summed E-state index contributed by atoms with van der Waals surface area (Å²) in [6.45, 7) is 0. The molecule has 5 nitrogen and oxygen atoms in total. The van der Waals surface area contributed by atoms with Crippen molar-refractivity contribution in [3.05, 3.63) is 53.0 Å². The molecule has 0 fully saturated rings. The molecule has 74 valence electrons. The Hall–Kier alpha value is -2.30. The highest BCUT2D eigenvalue weighted by atomic mass is 16.1. The molecule has 0 aromatic carbocycles. The van der Waals surface area contributed by atoms with E-state index in [1.807, 2.05) is 0 Å². The number of hydrogen-bond donors (Lipinski definition) is 0. The third-order valence-electron chi connectivity index (χ3n) is 1.93. The summed E-state index contributed by atoms with van der Waals surface area (Å²) in [6, 6.07) is 3.09. The van der Waals surface area contributed by atoms with E-state index in [9.17, 15) is 9.59 Å². The second-order valence-corrected chi connectivity index (χ2v) is 2.85. The molecule has 0 spiro atoms. The van der Waals surface area contributed by atoms with Crippen molar-refractivity contribution in [2.24, 2.45) is 0 Å². The van der Waals surface area contributed by atoms with Gasteiger partial charge in [0.1, 0.15) is 6.33 Å². The third kappa shape index (κ3) is 1.67. The number of rotatable bonds is 2. The fourth-order valence-corrected chi connectivity index (χ4v) is 1.22. The summed E-state index contributed by atoms with van der Waals surface area (Å²) in [6.07, 6.45) is 6.47. The maximum absolute atomic E-state index is 11.7. The Morgan fingerprint density at radius 1 is 1.27 bits per heavy atom. The van der Waals surface area contributed by atoms with E-state index in [4.69, 9.17) is 0 Å². The Balaban J connectivity index is 2.65. The van der Waals surface area contributed by atoms with E-state index in [1.165, 1.54) is 29.4 Å². The number of hydrogen-bond acceptors (Lipinski definition) is 4. The molecule has 0 saturated heterocycles. The smallest absolute Gasteiger partial charge is 0.265 e. The van der Waals surface area contributed by atoms with Crippen LogP contribution in [0.2, 0.25) is 0 Å². The number of aldehydes is 1. The van der Waals surface area contributed by atoms with Crippen molar-refractivity contribution in [2.45, 2.75) is 0 Å². The lowest BCUT2D eigenvalue weighted by Crippen LogP contribution is -2.21. The molecular formula is C10H7N3O2. The zero-order chi connectivity index (χ0) is 10.7. The Kier molecular flexibility index (Phi) is 2.37. The van der Waals surface area contributed by atoms with Gasteiger partial charge < -0.3 is 0 Å². The largest absolute Gasteiger partial charge is 0.298 e. The van der Waals surface area contributed by atoms with Crippen LogP contribution in [0.5, 0.6) is 0 Å². The van der Waals surface area contributed by atoms with Gasteiger partial charge in [0.2, 0.25) is 0 Å². The van der Waals surface area contributed by atoms with E-state index in [0.717, 1.165) is 0 Å². The molecule has 2 rings (SSSR count). The third-order valence-corrected chi connectivity index (χ3v) is 1.93. The van der Waals surface area contributed by atoms with Gasteiger partial charge in [-0.3, -0.25) is 14.2 Å². The van der Waals surface area contributed by atoms with E-state index >= 15 is 0 Å². The maximum Gasteiger partial charge on any atom is 0.265 e. The minimum Gasteiger partial charge on any atom is -0.298 e. The van der Waals surface area contributed by atoms with Gasteiger partial charge in [0, 0.05) is 6.20 Å². The van der Waals surface area contributed by atoms with E-state index in [1.54, 1.807) is 12.3 Å². The molecule has 0 aliphatic rings. The van der Waals surface area contributed by atoms with Crippen molar-refractivity contribution < 1.29 is 4.79 Å². The van der Waals surface area contributed by atoms with Crippen LogP contribution in [-0.4, -0.2) is 20.8 Å². The van der Waals surface area contributed by atoms with Crippen LogP contribution in [0.25, 0.3) is 5.69 Å². The van der Waals surface area contributed by atoms with Gasteiger partial charge in [0.25, 0.3) is 5.56 Å². The first-order chi connectivity index (χ1) is 7.33. The van der Waals surface area contributed by atoms with Gasteiger partial charge in [-0.1, -0.05) is 0 Å². The first-order valence-corrected chi connectivity index (χ1v) is 4.25. The molecule has 5 heteroatoms. The van der Waals surface area contributed by atoms with Crippen molar-refractivity contribution in [3.8, 4) is 5.69 Å². The Bertz CT molecular complexity index is 534. The second-order valence-electron chi connectivity index (χ2n) is 2.85. The van der Waals surface area contributed by atoms with Crippen molar-refractivity contribution in [1.82, 2.24) is 14.5 Å². The molecule has 2 aromatic rings. The summed E-state index contributed by atoms with van der Waals surface area (Å²) >= 11 is 0. The quantitative estimate of drug-likeness (QED) is 0.661. The van der Waals surface area contributed by atoms with Crippen LogP contribution in [0.3, 0.4) is 0 Å². The summed E-state index contributed by atoms with van der Waals surface area (Å²) in [5.41, 5.74) is 0.273. The van der Waals surface area contributed by atoms with Crippen molar-refractivity contribution >= 4 is 6.29 Å². The Morgan fingerprint density at radius 3 is 2.67 bits per heavy atom. The Labute approximate surface area is 85.0 Å².